The summed E-state index contributed by atoms with van der Waals surface area (Å²) in [4.78, 5) is 13.9. The minimum absolute atomic E-state index is 0.327. The molecule has 1 unspecified atom stereocenters. The monoisotopic (exact) mass is 279 g/mol. The van der Waals surface area contributed by atoms with E-state index in [2.05, 4.69) is 33.7 Å². The SMILES string of the molecule is CCC1CN(c2nc(C)cc(C(N)=S)n2)CCN1C. The molecule has 0 aromatic carbocycles. The fraction of sp³-hybridized carbons (Fsp3) is 0.615. The van der Waals surface area contributed by atoms with E-state index < -0.39 is 0 Å². The third kappa shape index (κ3) is 3.19. The van der Waals surface area contributed by atoms with Crippen molar-refractivity contribution in [2.24, 2.45) is 5.73 Å². The van der Waals surface area contributed by atoms with Gasteiger partial charge in [-0.05, 0) is 26.5 Å². The summed E-state index contributed by atoms with van der Waals surface area (Å²) in [7, 11) is 2.17. The van der Waals surface area contributed by atoms with Crippen LogP contribution in [0.5, 0.6) is 0 Å². The van der Waals surface area contributed by atoms with Crippen LogP contribution >= 0.6 is 12.2 Å². The van der Waals surface area contributed by atoms with Crippen molar-refractivity contribution < 1.29 is 0 Å². The lowest BCUT2D eigenvalue weighted by Crippen LogP contribution is -2.51. The van der Waals surface area contributed by atoms with Crippen molar-refractivity contribution >= 4 is 23.2 Å². The molecule has 1 aliphatic rings. The van der Waals surface area contributed by atoms with Gasteiger partial charge in [0.2, 0.25) is 5.95 Å². The van der Waals surface area contributed by atoms with Crippen LogP contribution in [0.15, 0.2) is 6.07 Å². The van der Waals surface area contributed by atoms with E-state index in [4.69, 9.17) is 18.0 Å². The first kappa shape index (κ1) is 14.1. The number of rotatable bonds is 3. The highest BCUT2D eigenvalue weighted by Crippen LogP contribution is 2.17. The van der Waals surface area contributed by atoms with Crippen LogP contribution in [0, 0.1) is 6.92 Å². The maximum atomic E-state index is 5.67. The zero-order valence-electron chi connectivity index (χ0n) is 11.8. The fourth-order valence-corrected chi connectivity index (χ4v) is 2.49. The van der Waals surface area contributed by atoms with Crippen LogP contribution in [-0.2, 0) is 0 Å². The molecule has 1 fully saturated rings. The van der Waals surface area contributed by atoms with Crippen molar-refractivity contribution in [2.75, 3.05) is 31.6 Å². The molecule has 0 aliphatic carbocycles. The Kier molecular flexibility index (Phi) is 4.31. The molecule has 6 heteroatoms. The highest BCUT2D eigenvalue weighted by atomic mass is 32.1. The van der Waals surface area contributed by atoms with Crippen molar-refractivity contribution in [1.82, 2.24) is 14.9 Å². The second-order valence-corrected chi connectivity index (χ2v) is 5.49. The number of thiocarbonyl (C=S) groups is 1. The molecule has 2 rings (SSSR count). The van der Waals surface area contributed by atoms with Crippen molar-refractivity contribution in [3.05, 3.63) is 17.5 Å². The normalized spacial score (nSPS) is 20.6. The molecule has 1 aromatic heterocycles. The Morgan fingerprint density at radius 2 is 2.21 bits per heavy atom. The first-order chi connectivity index (χ1) is 9.01. The summed E-state index contributed by atoms with van der Waals surface area (Å²) >= 11 is 5.01. The number of hydrogen-bond donors (Lipinski definition) is 1. The zero-order chi connectivity index (χ0) is 14.0. The maximum absolute atomic E-state index is 5.67. The van der Waals surface area contributed by atoms with Crippen LogP contribution in [0.2, 0.25) is 0 Å². The Labute approximate surface area is 119 Å². The molecule has 104 valence electrons. The smallest absolute Gasteiger partial charge is 0.226 e. The number of aromatic nitrogens is 2. The molecule has 0 spiro atoms. The first-order valence-corrected chi connectivity index (χ1v) is 7.02. The van der Waals surface area contributed by atoms with Gasteiger partial charge in [-0.2, -0.15) is 0 Å². The predicted octanol–water partition coefficient (Wildman–Crippen LogP) is 0.950. The molecule has 5 nitrogen and oxygen atoms in total. The van der Waals surface area contributed by atoms with Gasteiger partial charge in [0.05, 0.1) is 0 Å². The van der Waals surface area contributed by atoms with Gasteiger partial charge in [0.25, 0.3) is 0 Å². The minimum atomic E-state index is 0.327. The van der Waals surface area contributed by atoms with Crippen LogP contribution in [0.3, 0.4) is 0 Å². The van der Waals surface area contributed by atoms with Crippen LogP contribution in [-0.4, -0.2) is 52.6 Å². The Balaban J connectivity index is 2.24. The van der Waals surface area contributed by atoms with E-state index in [-0.39, 0.29) is 0 Å². The van der Waals surface area contributed by atoms with Crippen molar-refractivity contribution in [3.63, 3.8) is 0 Å². The molecule has 2 heterocycles. The molecule has 1 aromatic rings. The summed E-state index contributed by atoms with van der Waals surface area (Å²) in [6.07, 6.45) is 1.13. The van der Waals surface area contributed by atoms with Gasteiger partial charge in [0.1, 0.15) is 10.7 Å². The number of hydrogen-bond acceptors (Lipinski definition) is 5. The second-order valence-electron chi connectivity index (χ2n) is 5.05. The number of anilines is 1. The third-order valence-electron chi connectivity index (χ3n) is 3.63. The highest BCUT2D eigenvalue weighted by molar-refractivity contribution is 7.80. The fourth-order valence-electron chi connectivity index (χ4n) is 2.39. The van der Waals surface area contributed by atoms with Gasteiger partial charge < -0.3 is 10.6 Å². The first-order valence-electron chi connectivity index (χ1n) is 6.62. The van der Waals surface area contributed by atoms with Gasteiger partial charge in [-0.3, -0.25) is 4.90 Å². The van der Waals surface area contributed by atoms with Crippen LogP contribution in [0.4, 0.5) is 5.95 Å². The van der Waals surface area contributed by atoms with Gasteiger partial charge in [0, 0.05) is 31.4 Å². The van der Waals surface area contributed by atoms with Gasteiger partial charge in [-0.25, -0.2) is 9.97 Å². The topological polar surface area (TPSA) is 58.3 Å². The Morgan fingerprint density at radius 3 is 2.84 bits per heavy atom. The molecule has 0 radical (unpaired) electrons. The van der Waals surface area contributed by atoms with Crippen molar-refractivity contribution in [3.8, 4) is 0 Å². The molecule has 1 saturated heterocycles. The minimum Gasteiger partial charge on any atom is -0.388 e. The van der Waals surface area contributed by atoms with Gasteiger partial charge in [-0.1, -0.05) is 19.1 Å². The van der Waals surface area contributed by atoms with Gasteiger partial charge in [-0.15, -0.1) is 0 Å². The van der Waals surface area contributed by atoms with E-state index in [0.717, 1.165) is 37.7 Å². The van der Waals surface area contributed by atoms with E-state index >= 15 is 0 Å². The quantitative estimate of drug-likeness (QED) is 0.831. The molecular formula is C13H21N5S. The number of piperazine rings is 1. The summed E-state index contributed by atoms with van der Waals surface area (Å²) in [6.45, 7) is 7.07. The molecule has 2 N–H and O–H groups in total. The van der Waals surface area contributed by atoms with Crippen molar-refractivity contribution in [2.45, 2.75) is 26.3 Å². The van der Waals surface area contributed by atoms with Crippen LogP contribution < -0.4 is 10.6 Å². The van der Waals surface area contributed by atoms with Crippen LogP contribution in [0.25, 0.3) is 0 Å². The number of nitrogens with two attached hydrogens (primary N) is 1. The van der Waals surface area contributed by atoms with E-state index in [9.17, 15) is 0 Å². The molecule has 1 atom stereocenters. The number of likely N-dealkylation sites (N-methyl/N-ethyl adjacent to an activating group) is 1. The van der Waals surface area contributed by atoms with E-state index in [1.165, 1.54) is 0 Å². The lowest BCUT2D eigenvalue weighted by molar-refractivity contribution is 0.212. The van der Waals surface area contributed by atoms with Gasteiger partial charge in [0.15, 0.2) is 0 Å². The summed E-state index contributed by atoms with van der Waals surface area (Å²) in [6, 6.07) is 2.38. The molecule has 0 amide bonds. The van der Waals surface area contributed by atoms with Crippen LogP contribution in [0.1, 0.15) is 24.7 Å². The third-order valence-corrected chi connectivity index (χ3v) is 3.84. The average Bonchev–Trinajstić information content (AvgIpc) is 2.38. The van der Waals surface area contributed by atoms with Crippen molar-refractivity contribution in [1.29, 1.82) is 0 Å². The van der Waals surface area contributed by atoms with Gasteiger partial charge >= 0.3 is 0 Å². The number of nitrogens with zero attached hydrogens (tertiary/aromatic N) is 4. The lowest BCUT2D eigenvalue weighted by Gasteiger charge is -2.39. The average molecular weight is 279 g/mol. The van der Waals surface area contributed by atoms with E-state index in [0.29, 0.717) is 16.7 Å². The van der Waals surface area contributed by atoms with E-state index in [1.807, 2.05) is 13.0 Å². The standard InChI is InChI=1S/C13H21N5S/c1-4-10-8-18(6-5-17(10)3)13-15-9(2)7-11(16-13)12(14)19/h7,10H,4-6,8H2,1-3H3,(H2,14,19). The summed E-state index contributed by atoms with van der Waals surface area (Å²) in [5.41, 5.74) is 7.23. The highest BCUT2D eigenvalue weighted by Gasteiger charge is 2.24. The Hall–Kier alpha value is -1.27. The largest absolute Gasteiger partial charge is 0.388 e. The summed E-state index contributed by atoms with van der Waals surface area (Å²) in [5, 5.41) is 0. The Bertz CT molecular complexity index is 476. The summed E-state index contributed by atoms with van der Waals surface area (Å²) < 4.78 is 0. The zero-order valence-corrected chi connectivity index (χ0v) is 12.6. The second kappa shape index (κ2) is 5.79. The molecule has 1 aliphatic heterocycles. The molecule has 0 saturated carbocycles. The molecule has 0 bridgehead atoms. The lowest BCUT2D eigenvalue weighted by atomic mass is 10.1. The summed E-state index contributed by atoms with van der Waals surface area (Å²) in [5.74, 6) is 0.745. The molecule has 19 heavy (non-hydrogen) atoms. The number of aryl methyl sites for hydroxylation is 1. The molecular weight excluding hydrogens is 258 g/mol. The maximum Gasteiger partial charge on any atom is 0.226 e. The predicted molar refractivity (Wildman–Crippen MR) is 81.6 cm³/mol. The van der Waals surface area contributed by atoms with E-state index in [1.54, 1.807) is 0 Å². The Morgan fingerprint density at radius 1 is 1.47 bits per heavy atom.